The minimum Gasteiger partial charge on any atom is -0.478 e. The Labute approximate surface area is 221 Å². The largest absolute Gasteiger partial charge is 0.478 e. The fourth-order valence-corrected chi connectivity index (χ4v) is 5.81. The second-order valence-corrected chi connectivity index (χ2v) is 10.5. The van der Waals surface area contributed by atoms with Crippen molar-refractivity contribution in [3.05, 3.63) is 105 Å². The normalized spacial score (nSPS) is 16.2. The number of hydrogen-bond acceptors (Lipinski definition) is 2. The number of hydrogen-bond donors (Lipinski definition) is 1. The standard InChI is InChI=1S/C32H32F3NO2/c1-20-6-12-28(31(35)30(20)34)27-5-2-4-24-17-25(32(37)38)11-13-26(24)29(27)23-9-7-21(8-10-23)16-22-18-36(19-22)15-3-14-33/h6-13,17,22H,2-5,14-16,18-19H2,1H3,(H,37,38). The maximum atomic E-state index is 15.3. The molecule has 0 bridgehead atoms. The first-order valence-electron chi connectivity index (χ1n) is 13.3. The lowest BCUT2D eigenvalue weighted by atomic mass is 9.85. The van der Waals surface area contributed by atoms with E-state index in [0.717, 1.165) is 53.9 Å². The van der Waals surface area contributed by atoms with E-state index in [1.54, 1.807) is 37.3 Å². The van der Waals surface area contributed by atoms with Gasteiger partial charge in [-0.25, -0.2) is 13.6 Å². The highest BCUT2D eigenvalue weighted by Gasteiger charge is 2.27. The predicted octanol–water partition coefficient (Wildman–Crippen LogP) is 7.10. The molecular formula is C32H32F3NO2. The molecule has 0 spiro atoms. The van der Waals surface area contributed by atoms with Crippen LogP contribution in [-0.4, -0.2) is 42.3 Å². The first kappa shape index (κ1) is 26.2. The molecule has 0 aromatic heterocycles. The molecule has 2 aliphatic rings. The van der Waals surface area contributed by atoms with E-state index in [4.69, 9.17) is 0 Å². The number of fused-ring (bicyclic) bond motifs is 1. The van der Waals surface area contributed by atoms with E-state index in [-0.39, 0.29) is 23.4 Å². The number of aryl methyl sites for hydroxylation is 2. The van der Waals surface area contributed by atoms with E-state index in [9.17, 15) is 18.7 Å². The number of carboxylic acids is 1. The molecule has 3 nitrogen and oxygen atoms in total. The molecule has 1 heterocycles. The number of carbonyl (C=O) groups is 1. The first-order valence-corrected chi connectivity index (χ1v) is 13.3. The lowest BCUT2D eigenvalue weighted by molar-refractivity contribution is 0.0696. The van der Waals surface area contributed by atoms with Gasteiger partial charge in [-0.1, -0.05) is 42.5 Å². The van der Waals surface area contributed by atoms with Crippen molar-refractivity contribution in [2.75, 3.05) is 26.3 Å². The third-order valence-electron chi connectivity index (χ3n) is 7.80. The summed E-state index contributed by atoms with van der Waals surface area (Å²) in [5, 5.41) is 9.53. The fourth-order valence-electron chi connectivity index (χ4n) is 5.81. The van der Waals surface area contributed by atoms with Crippen molar-refractivity contribution < 1.29 is 23.1 Å². The number of nitrogens with zero attached hydrogens (tertiary/aromatic N) is 1. The molecular weight excluding hydrogens is 487 g/mol. The Hall–Kier alpha value is -3.38. The van der Waals surface area contributed by atoms with Gasteiger partial charge >= 0.3 is 5.97 Å². The summed E-state index contributed by atoms with van der Waals surface area (Å²) in [6.45, 7) is 4.04. The molecule has 1 fully saturated rings. The van der Waals surface area contributed by atoms with Crippen LogP contribution in [-0.2, 0) is 12.8 Å². The van der Waals surface area contributed by atoms with Crippen LogP contribution in [0.15, 0.2) is 54.6 Å². The Kier molecular flexibility index (Phi) is 7.70. The van der Waals surface area contributed by atoms with Crippen molar-refractivity contribution in [1.29, 1.82) is 0 Å². The second kappa shape index (κ2) is 11.2. The highest BCUT2D eigenvalue weighted by Crippen LogP contribution is 2.41. The van der Waals surface area contributed by atoms with Crippen molar-refractivity contribution in [3.8, 4) is 0 Å². The van der Waals surface area contributed by atoms with Crippen LogP contribution in [0.2, 0.25) is 0 Å². The van der Waals surface area contributed by atoms with Gasteiger partial charge in [-0.05, 0) is 96.0 Å². The molecule has 3 aromatic carbocycles. The molecule has 0 unspecified atom stereocenters. The molecule has 38 heavy (non-hydrogen) atoms. The third-order valence-corrected chi connectivity index (χ3v) is 7.80. The zero-order valence-electron chi connectivity index (χ0n) is 21.6. The summed E-state index contributed by atoms with van der Waals surface area (Å²) >= 11 is 0. The van der Waals surface area contributed by atoms with Crippen molar-refractivity contribution >= 4 is 17.1 Å². The number of carboxylic acid groups (broad SMARTS) is 1. The van der Waals surface area contributed by atoms with Crippen LogP contribution in [0, 0.1) is 24.5 Å². The molecule has 3 aromatic rings. The molecule has 0 amide bonds. The minimum atomic E-state index is -0.988. The van der Waals surface area contributed by atoms with Gasteiger partial charge in [-0.15, -0.1) is 0 Å². The van der Waals surface area contributed by atoms with Gasteiger partial charge in [0.25, 0.3) is 0 Å². The summed E-state index contributed by atoms with van der Waals surface area (Å²) in [7, 11) is 0. The van der Waals surface area contributed by atoms with Crippen LogP contribution >= 0.6 is 0 Å². The number of halogens is 3. The molecule has 1 N–H and O–H groups in total. The zero-order chi connectivity index (χ0) is 26.8. The number of likely N-dealkylation sites (tertiary alicyclic amines) is 1. The Balaban J connectivity index is 1.53. The van der Waals surface area contributed by atoms with E-state index >= 15 is 4.39 Å². The second-order valence-electron chi connectivity index (χ2n) is 10.5. The molecule has 198 valence electrons. The monoisotopic (exact) mass is 519 g/mol. The van der Waals surface area contributed by atoms with Crippen LogP contribution in [0.1, 0.15) is 63.0 Å². The summed E-state index contributed by atoms with van der Waals surface area (Å²) < 4.78 is 42.3. The summed E-state index contributed by atoms with van der Waals surface area (Å²) in [5.74, 6) is -2.12. The lowest BCUT2D eigenvalue weighted by Gasteiger charge is -2.39. The summed E-state index contributed by atoms with van der Waals surface area (Å²) in [5.41, 5.74) is 6.15. The van der Waals surface area contributed by atoms with Gasteiger partial charge in [0.1, 0.15) is 0 Å². The number of rotatable bonds is 8. The minimum absolute atomic E-state index is 0.218. The van der Waals surface area contributed by atoms with E-state index < -0.39 is 17.6 Å². The maximum absolute atomic E-state index is 15.3. The van der Waals surface area contributed by atoms with Gasteiger partial charge in [0.05, 0.1) is 12.2 Å². The predicted molar refractivity (Wildman–Crippen MR) is 144 cm³/mol. The van der Waals surface area contributed by atoms with E-state index in [1.165, 1.54) is 5.56 Å². The summed E-state index contributed by atoms with van der Waals surface area (Å²) in [4.78, 5) is 13.9. The third kappa shape index (κ3) is 5.28. The maximum Gasteiger partial charge on any atom is 0.335 e. The Morgan fingerprint density at radius 3 is 2.42 bits per heavy atom. The van der Waals surface area contributed by atoms with Crippen LogP contribution < -0.4 is 0 Å². The summed E-state index contributed by atoms with van der Waals surface area (Å²) in [6, 6.07) is 16.6. The first-order chi connectivity index (χ1) is 18.4. The van der Waals surface area contributed by atoms with Gasteiger partial charge in [-0.3, -0.25) is 4.39 Å². The zero-order valence-corrected chi connectivity index (χ0v) is 21.6. The lowest BCUT2D eigenvalue weighted by Crippen LogP contribution is -2.47. The van der Waals surface area contributed by atoms with Crippen molar-refractivity contribution in [1.82, 2.24) is 4.90 Å². The molecule has 6 heteroatoms. The van der Waals surface area contributed by atoms with Crippen molar-refractivity contribution in [2.24, 2.45) is 5.92 Å². The van der Waals surface area contributed by atoms with Crippen LogP contribution in [0.25, 0.3) is 11.1 Å². The molecule has 1 aliphatic carbocycles. The number of benzene rings is 3. The topological polar surface area (TPSA) is 40.5 Å². The van der Waals surface area contributed by atoms with Crippen LogP contribution in [0.5, 0.6) is 0 Å². The number of allylic oxidation sites excluding steroid dienone is 1. The molecule has 5 rings (SSSR count). The molecule has 0 saturated carbocycles. The fraction of sp³-hybridized carbons (Fsp3) is 0.344. The van der Waals surface area contributed by atoms with Gasteiger partial charge < -0.3 is 10.0 Å². The molecule has 1 aliphatic heterocycles. The highest BCUT2D eigenvalue weighted by molar-refractivity contribution is 6.00. The van der Waals surface area contributed by atoms with Gasteiger partial charge in [0.2, 0.25) is 0 Å². The van der Waals surface area contributed by atoms with Crippen LogP contribution in [0.3, 0.4) is 0 Å². The molecule has 0 radical (unpaired) electrons. The number of aromatic carboxylic acids is 1. The average Bonchev–Trinajstić information content (AvgIpc) is 3.08. The summed E-state index contributed by atoms with van der Waals surface area (Å²) in [6.07, 6.45) is 3.42. The highest BCUT2D eigenvalue weighted by atomic mass is 19.2. The van der Waals surface area contributed by atoms with Crippen molar-refractivity contribution in [2.45, 2.75) is 39.0 Å². The van der Waals surface area contributed by atoms with Gasteiger partial charge in [0, 0.05) is 25.2 Å². The number of alkyl halides is 1. The molecule has 1 saturated heterocycles. The molecule has 0 atom stereocenters. The van der Waals surface area contributed by atoms with Gasteiger partial charge in [0.15, 0.2) is 11.6 Å². The Bertz CT molecular complexity index is 1370. The van der Waals surface area contributed by atoms with E-state index in [2.05, 4.69) is 17.0 Å². The quantitative estimate of drug-likeness (QED) is 0.345. The van der Waals surface area contributed by atoms with Crippen LogP contribution in [0.4, 0.5) is 13.2 Å². The van der Waals surface area contributed by atoms with Gasteiger partial charge in [-0.2, -0.15) is 0 Å². The Morgan fingerprint density at radius 2 is 1.71 bits per heavy atom. The van der Waals surface area contributed by atoms with Crippen molar-refractivity contribution in [3.63, 3.8) is 0 Å². The SMILES string of the molecule is Cc1ccc(C2=C(c3ccc(CC4CN(CCCF)C4)cc3)c3ccc(C(=O)O)cc3CCC2)c(F)c1F. The Morgan fingerprint density at radius 1 is 0.974 bits per heavy atom. The average molecular weight is 520 g/mol. The smallest absolute Gasteiger partial charge is 0.335 e. The van der Waals surface area contributed by atoms with E-state index in [0.29, 0.717) is 31.6 Å². The van der Waals surface area contributed by atoms with E-state index in [1.807, 2.05) is 12.1 Å².